The first kappa shape index (κ1) is 25.4. The van der Waals surface area contributed by atoms with E-state index in [0.717, 1.165) is 22.1 Å². The molecule has 0 fully saturated rings. The van der Waals surface area contributed by atoms with Crippen LogP contribution in [0.3, 0.4) is 0 Å². The molecule has 8 nitrogen and oxygen atoms in total. The summed E-state index contributed by atoms with van der Waals surface area (Å²) in [4.78, 5) is 12.6. The number of amides is 1. The molecule has 0 aliphatic heterocycles. The second-order valence-electron chi connectivity index (χ2n) is 7.73. The first-order valence-corrected chi connectivity index (χ1v) is 12.2. The van der Waals surface area contributed by atoms with Gasteiger partial charge >= 0.3 is 0 Å². The lowest BCUT2D eigenvalue weighted by Gasteiger charge is -2.09. The predicted octanol–water partition coefficient (Wildman–Crippen LogP) is 5.14. The largest absolute Gasteiger partial charge is 0.497 e. The first-order valence-electron chi connectivity index (χ1n) is 11.4. The average molecular weight is 513 g/mol. The number of benzene rings is 3. The van der Waals surface area contributed by atoms with E-state index in [0.29, 0.717) is 36.1 Å². The van der Waals surface area contributed by atoms with Gasteiger partial charge in [0.25, 0.3) is 5.91 Å². The van der Waals surface area contributed by atoms with E-state index in [4.69, 9.17) is 14.2 Å². The highest BCUT2D eigenvalue weighted by atomic mass is 32.1. The Hall–Kier alpha value is -4.68. The lowest BCUT2D eigenvalue weighted by atomic mass is 10.1. The van der Waals surface area contributed by atoms with Crippen molar-refractivity contribution in [3.63, 3.8) is 0 Å². The van der Waals surface area contributed by atoms with Gasteiger partial charge in [0.2, 0.25) is 5.13 Å². The van der Waals surface area contributed by atoms with E-state index < -0.39 is 5.91 Å². The Balaban J connectivity index is 1.27. The Kier molecular flexibility index (Phi) is 8.83. The lowest BCUT2D eigenvalue weighted by molar-refractivity contribution is -0.112. The number of nitrogens with zero attached hydrogens (tertiary/aromatic N) is 3. The average Bonchev–Trinajstić information content (AvgIpc) is 3.37. The third-order valence-electron chi connectivity index (χ3n) is 5.12. The molecule has 0 saturated heterocycles. The summed E-state index contributed by atoms with van der Waals surface area (Å²) in [5.74, 6) is 1.61. The van der Waals surface area contributed by atoms with Crippen LogP contribution in [0.1, 0.15) is 16.1 Å². The van der Waals surface area contributed by atoms with Gasteiger partial charge in [-0.3, -0.25) is 10.1 Å². The summed E-state index contributed by atoms with van der Waals surface area (Å²) in [5.41, 5.74) is 1.75. The molecule has 186 valence electrons. The van der Waals surface area contributed by atoms with Gasteiger partial charge in [0, 0.05) is 6.42 Å². The van der Waals surface area contributed by atoms with Gasteiger partial charge in [-0.15, -0.1) is 10.2 Å². The number of methoxy groups -OCH3 is 1. The topological polar surface area (TPSA) is 106 Å². The number of hydrogen-bond acceptors (Lipinski definition) is 8. The molecule has 9 heteroatoms. The minimum atomic E-state index is -0.541. The van der Waals surface area contributed by atoms with Gasteiger partial charge in [0.05, 0.1) is 7.11 Å². The third kappa shape index (κ3) is 7.65. The maximum absolute atomic E-state index is 12.6. The number of ether oxygens (including phenoxy) is 3. The molecule has 37 heavy (non-hydrogen) atoms. The number of anilines is 1. The Morgan fingerprint density at radius 1 is 0.919 bits per heavy atom. The summed E-state index contributed by atoms with van der Waals surface area (Å²) in [5, 5.41) is 21.4. The molecule has 1 N–H and O–H groups in total. The van der Waals surface area contributed by atoms with Crippen LogP contribution in [0.4, 0.5) is 5.13 Å². The summed E-state index contributed by atoms with van der Waals surface area (Å²) >= 11 is 1.28. The number of nitrogens with one attached hydrogen (secondary N) is 1. The fourth-order valence-electron chi connectivity index (χ4n) is 3.28. The third-order valence-corrected chi connectivity index (χ3v) is 5.96. The highest BCUT2D eigenvalue weighted by molar-refractivity contribution is 7.15. The summed E-state index contributed by atoms with van der Waals surface area (Å²) in [6.07, 6.45) is 2.13. The molecule has 1 amide bonds. The second-order valence-corrected chi connectivity index (χ2v) is 8.79. The highest BCUT2D eigenvalue weighted by Gasteiger charge is 2.13. The zero-order valence-electron chi connectivity index (χ0n) is 20.1. The van der Waals surface area contributed by atoms with Crippen molar-refractivity contribution < 1.29 is 19.0 Å². The maximum atomic E-state index is 12.6. The number of rotatable bonds is 11. The van der Waals surface area contributed by atoms with Crippen molar-refractivity contribution in [3.05, 3.63) is 101 Å². The summed E-state index contributed by atoms with van der Waals surface area (Å²) < 4.78 is 16.5. The number of nitriles is 1. The van der Waals surface area contributed by atoms with Crippen molar-refractivity contribution in [2.45, 2.75) is 6.42 Å². The molecule has 0 aliphatic rings. The van der Waals surface area contributed by atoms with Gasteiger partial charge in [-0.25, -0.2) is 0 Å². The molecular weight excluding hydrogens is 488 g/mol. The van der Waals surface area contributed by atoms with Crippen LogP contribution in [0.15, 0.2) is 84.4 Å². The first-order chi connectivity index (χ1) is 18.1. The zero-order chi connectivity index (χ0) is 25.9. The van der Waals surface area contributed by atoms with Crippen LogP contribution in [0.5, 0.6) is 17.2 Å². The normalized spacial score (nSPS) is 10.9. The van der Waals surface area contributed by atoms with Crippen molar-refractivity contribution in [3.8, 4) is 23.3 Å². The molecule has 3 aromatic carbocycles. The molecular formula is C28H24N4O4S. The van der Waals surface area contributed by atoms with Crippen LogP contribution < -0.4 is 19.5 Å². The van der Waals surface area contributed by atoms with E-state index >= 15 is 0 Å². The molecule has 0 unspecified atom stereocenters. The van der Waals surface area contributed by atoms with Crippen molar-refractivity contribution in [1.82, 2.24) is 10.2 Å². The number of aromatic nitrogens is 2. The molecule has 4 aromatic rings. The molecule has 0 spiro atoms. The Morgan fingerprint density at radius 2 is 1.54 bits per heavy atom. The standard InChI is InChI=1S/C28H24N4O4S/c1-34-23-11-13-25(14-12-23)36-16-15-35-24-9-7-21(8-10-24)17-22(19-29)27(33)30-28-32-31-26(37-28)18-20-5-3-2-4-6-20/h2-14,17H,15-16,18H2,1H3,(H,30,32,33)/b22-17-. The Labute approximate surface area is 218 Å². The van der Waals surface area contributed by atoms with E-state index in [1.165, 1.54) is 17.4 Å². The number of hydrogen-bond donors (Lipinski definition) is 1. The number of carbonyl (C=O) groups excluding carboxylic acids is 1. The molecule has 0 radical (unpaired) electrons. The van der Waals surface area contributed by atoms with E-state index in [1.54, 1.807) is 31.4 Å². The minimum absolute atomic E-state index is 0.0404. The Morgan fingerprint density at radius 3 is 2.16 bits per heavy atom. The molecule has 0 bridgehead atoms. The summed E-state index contributed by atoms with van der Waals surface area (Å²) in [7, 11) is 1.61. The lowest BCUT2D eigenvalue weighted by Crippen LogP contribution is -2.13. The monoisotopic (exact) mass is 512 g/mol. The second kappa shape index (κ2) is 12.9. The van der Waals surface area contributed by atoms with Gasteiger partial charge in [0.15, 0.2) is 0 Å². The van der Waals surface area contributed by atoms with Gasteiger partial charge in [0.1, 0.15) is 47.1 Å². The van der Waals surface area contributed by atoms with Crippen LogP contribution in [0.2, 0.25) is 0 Å². The molecule has 0 aliphatic carbocycles. The van der Waals surface area contributed by atoms with E-state index in [2.05, 4.69) is 15.5 Å². The van der Waals surface area contributed by atoms with Gasteiger partial charge in [-0.05, 0) is 53.6 Å². The van der Waals surface area contributed by atoms with Crippen molar-refractivity contribution >= 4 is 28.5 Å². The maximum Gasteiger partial charge on any atom is 0.268 e. The van der Waals surface area contributed by atoms with E-state index in [9.17, 15) is 10.1 Å². The van der Waals surface area contributed by atoms with Crippen LogP contribution in [-0.4, -0.2) is 36.4 Å². The van der Waals surface area contributed by atoms with Crippen LogP contribution in [0, 0.1) is 11.3 Å². The SMILES string of the molecule is COc1ccc(OCCOc2ccc(/C=C(/C#N)C(=O)Nc3nnc(Cc4ccccc4)s3)cc2)cc1. The minimum Gasteiger partial charge on any atom is -0.497 e. The van der Waals surface area contributed by atoms with E-state index in [-0.39, 0.29) is 5.57 Å². The van der Waals surface area contributed by atoms with Gasteiger partial charge < -0.3 is 14.2 Å². The fourth-order valence-corrected chi connectivity index (χ4v) is 4.05. The highest BCUT2D eigenvalue weighted by Crippen LogP contribution is 2.20. The van der Waals surface area contributed by atoms with Crippen molar-refractivity contribution in [2.24, 2.45) is 0 Å². The molecule has 0 saturated carbocycles. The summed E-state index contributed by atoms with van der Waals surface area (Å²) in [6.45, 7) is 0.743. The molecule has 1 heterocycles. The quantitative estimate of drug-likeness (QED) is 0.168. The predicted molar refractivity (Wildman–Crippen MR) is 142 cm³/mol. The molecule has 0 atom stereocenters. The summed E-state index contributed by atoms with van der Waals surface area (Å²) in [6, 6.07) is 26.2. The van der Waals surface area contributed by atoms with Gasteiger partial charge in [-0.2, -0.15) is 5.26 Å². The molecule has 4 rings (SSSR count). The fraction of sp³-hybridized carbons (Fsp3) is 0.143. The van der Waals surface area contributed by atoms with Crippen LogP contribution >= 0.6 is 11.3 Å². The Bertz CT molecular complexity index is 1380. The number of carbonyl (C=O) groups is 1. The van der Waals surface area contributed by atoms with Gasteiger partial charge in [-0.1, -0.05) is 53.8 Å². The van der Waals surface area contributed by atoms with Crippen molar-refractivity contribution in [1.29, 1.82) is 5.26 Å². The zero-order valence-corrected chi connectivity index (χ0v) is 20.9. The van der Waals surface area contributed by atoms with Crippen LogP contribution in [0.25, 0.3) is 6.08 Å². The molecule has 1 aromatic heterocycles. The van der Waals surface area contributed by atoms with Crippen molar-refractivity contribution in [2.75, 3.05) is 25.6 Å². The van der Waals surface area contributed by atoms with E-state index in [1.807, 2.05) is 60.7 Å². The smallest absolute Gasteiger partial charge is 0.268 e. The van der Waals surface area contributed by atoms with Crippen LogP contribution in [-0.2, 0) is 11.2 Å².